The first-order valence-corrected chi connectivity index (χ1v) is 7.75. The maximum Gasteiger partial charge on any atom is 0.243 e. The summed E-state index contributed by atoms with van der Waals surface area (Å²) in [5.74, 6) is 0. The molecule has 2 rings (SSSR count). The van der Waals surface area contributed by atoms with Gasteiger partial charge in [0.25, 0.3) is 0 Å². The smallest absolute Gasteiger partial charge is 0.243 e. The molecular weight excluding hydrogens is 272 g/mol. The second-order valence-corrected chi connectivity index (χ2v) is 6.68. The van der Waals surface area contributed by atoms with Crippen LogP contribution in [0.4, 0.5) is 5.69 Å². The number of nitrogen functional groups attached to an aromatic ring is 1. The standard InChI is InChI=1S/C15H18N2O2S/c1-12(13-7-6-8-14(16)11-13)17(2)20(18,19)15-9-4-3-5-10-15/h3-12H,16H2,1-2H3. The molecule has 0 aliphatic heterocycles. The molecule has 1 atom stereocenters. The van der Waals surface area contributed by atoms with Gasteiger partial charge in [-0.15, -0.1) is 0 Å². The van der Waals surface area contributed by atoms with E-state index >= 15 is 0 Å². The van der Waals surface area contributed by atoms with E-state index in [0.29, 0.717) is 10.6 Å². The van der Waals surface area contributed by atoms with Crippen molar-refractivity contribution < 1.29 is 8.42 Å². The van der Waals surface area contributed by atoms with Crippen LogP contribution in [0.1, 0.15) is 18.5 Å². The van der Waals surface area contributed by atoms with Crippen molar-refractivity contribution in [3.63, 3.8) is 0 Å². The highest BCUT2D eigenvalue weighted by atomic mass is 32.2. The van der Waals surface area contributed by atoms with Gasteiger partial charge >= 0.3 is 0 Å². The van der Waals surface area contributed by atoms with Crippen LogP contribution in [0.5, 0.6) is 0 Å². The quantitative estimate of drug-likeness (QED) is 0.880. The Morgan fingerprint density at radius 1 is 1.05 bits per heavy atom. The Morgan fingerprint density at radius 2 is 1.70 bits per heavy atom. The molecule has 2 N–H and O–H groups in total. The van der Waals surface area contributed by atoms with Crippen molar-refractivity contribution in [2.24, 2.45) is 0 Å². The van der Waals surface area contributed by atoms with Crippen molar-refractivity contribution in [2.75, 3.05) is 12.8 Å². The third kappa shape index (κ3) is 2.84. The second-order valence-electron chi connectivity index (χ2n) is 4.68. The highest BCUT2D eigenvalue weighted by Crippen LogP contribution is 2.26. The zero-order valence-corrected chi connectivity index (χ0v) is 12.3. The highest BCUT2D eigenvalue weighted by molar-refractivity contribution is 7.89. The van der Waals surface area contributed by atoms with Gasteiger partial charge in [0.1, 0.15) is 0 Å². The van der Waals surface area contributed by atoms with Gasteiger partial charge in [-0.25, -0.2) is 8.42 Å². The predicted octanol–water partition coefficient (Wildman–Crippen LogP) is 2.65. The van der Waals surface area contributed by atoms with Crippen LogP contribution >= 0.6 is 0 Å². The number of nitrogens with two attached hydrogens (primary N) is 1. The lowest BCUT2D eigenvalue weighted by Gasteiger charge is -2.24. The minimum Gasteiger partial charge on any atom is -0.399 e. The van der Waals surface area contributed by atoms with Crippen molar-refractivity contribution in [2.45, 2.75) is 17.9 Å². The third-order valence-corrected chi connectivity index (χ3v) is 5.30. The third-order valence-electron chi connectivity index (χ3n) is 3.36. The predicted molar refractivity (Wildman–Crippen MR) is 80.7 cm³/mol. The summed E-state index contributed by atoms with van der Waals surface area (Å²) < 4.78 is 26.4. The molecule has 0 aliphatic rings. The monoisotopic (exact) mass is 290 g/mol. The van der Waals surface area contributed by atoms with Gasteiger partial charge in [0.15, 0.2) is 0 Å². The molecule has 0 fully saturated rings. The summed E-state index contributed by atoms with van der Waals surface area (Å²) in [6.07, 6.45) is 0. The van der Waals surface area contributed by atoms with E-state index in [0.717, 1.165) is 5.56 Å². The molecule has 0 heterocycles. The van der Waals surface area contributed by atoms with E-state index in [1.54, 1.807) is 49.5 Å². The number of anilines is 1. The Kier molecular flexibility index (Phi) is 4.11. The fourth-order valence-electron chi connectivity index (χ4n) is 2.00. The highest BCUT2D eigenvalue weighted by Gasteiger charge is 2.25. The zero-order valence-electron chi connectivity index (χ0n) is 11.5. The maximum atomic E-state index is 12.5. The van der Waals surface area contributed by atoms with Crippen LogP contribution in [-0.2, 0) is 10.0 Å². The molecule has 2 aromatic carbocycles. The van der Waals surface area contributed by atoms with E-state index in [1.165, 1.54) is 4.31 Å². The molecule has 0 radical (unpaired) electrons. The van der Waals surface area contributed by atoms with E-state index in [2.05, 4.69) is 0 Å². The van der Waals surface area contributed by atoms with Gasteiger partial charge in [-0.2, -0.15) is 4.31 Å². The molecule has 0 bridgehead atoms. The van der Waals surface area contributed by atoms with Gasteiger partial charge < -0.3 is 5.73 Å². The summed E-state index contributed by atoms with van der Waals surface area (Å²) >= 11 is 0. The van der Waals surface area contributed by atoms with Gasteiger partial charge in [-0.1, -0.05) is 30.3 Å². The number of nitrogens with zero attached hydrogens (tertiary/aromatic N) is 1. The van der Waals surface area contributed by atoms with Gasteiger partial charge in [-0.3, -0.25) is 0 Å². The van der Waals surface area contributed by atoms with E-state index in [-0.39, 0.29) is 6.04 Å². The topological polar surface area (TPSA) is 63.4 Å². The lowest BCUT2D eigenvalue weighted by Crippen LogP contribution is -2.29. The average molecular weight is 290 g/mol. The lowest BCUT2D eigenvalue weighted by atomic mass is 10.1. The van der Waals surface area contributed by atoms with Crippen LogP contribution < -0.4 is 5.73 Å². The first kappa shape index (κ1) is 14.6. The molecule has 5 heteroatoms. The first-order valence-electron chi connectivity index (χ1n) is 6.31. The van der Waals surface area contributed by atoms with Crippen LogP contribution in [0.3, 0.4) is 0 Å². The van der Waals surface area contributed by atoms with Crippen LogP contribution in [0.2, 0.25) is 0 Å². The summed E-state index contributed by atoms with van der Waals surface area (Å²) in [5, 5.41) is 0. The van der Waals surface area contributed by atoms with Gasteiger partial charge in [-0.05, 0) is 36.8 Å². The summed E-state index contributed by atoms with van der Waals surface area (Å²) in [4.78, 5) is 0.290. The summed E-state index contributed by atoms with van der Waals surface area (Å²) in [6.45, 7) is 1.84. The number of rotatable bonds is 4. The molecule has 0 spiro atoms. The number of hydrogen-bond donors (Lipinski definition) is 1. The molecular formula is C15H18N2O2S. The maximum absolute atomic E-state index is 12.5. The Bertz CT molecular complexity index is 684. The normalized spacial score (nSPS) is 13.3. The fourth-order valence-corrected chi connectivity index (χ4v) is 3.37. The molecule has 0 amide bonds. The van der Waals surface area contributed by atoms with E-state index < -0.39 is 10.0 Å². The Hall–Kier alpha value is -1.85. The fraction of sp³-hybridized carbons (Fsp3) is 0.200. The summed E-state index contributed by atoms with van der Waals surface area (Å²) in [7, 11) is -1.93. The Morgan fingerprint density at radius 3 is 2.30 bits per heavy atom. The first-order chi connectivity index (χ1) is 9.43. The SMILES string of the molecule is CC(c1cccc(N)c1)N(C)S(=O)(=O)c1ccccc1. The van der Waals surface area contributed by atoms with Crippen LogP contribution in [-0.4, -0.2) is 19.8 Å². The van der Waals surface area contributed by atoms with Gasteiger partial charge in [0.2, 0.25) is 10.0 Å². The Balaban J connectivity index is 2.33. The molecule has 0 saturated carbocycles. The number of benzene rings is 2. The van der Waals surface area contributed by atoms with E-state index in [9.17, 15) is 8.42 Å². The Labute approximate surface area is 119 Å². The molecule has 0 saturated heterocycles. The largest absolute Gasteiger partial charge is 0.399 e. The molecule has 2 aromatic rings. The molecule has 20 heavy (non-hydrogen) atoms. The van der Waals surface area contributed by atoms with Gasteiger partial charge in [0.05, 0.1) is 4.90 Å². The van der Waals surface area contributed by atoms with Gasteiger partial charge in [0, 0.05) is 18.8 Å². The minimum absolute atomic E-state index is 0.288. The minimum atomic E-state index is -3.51. The van der Waals surface area contributed by atoms with Crippen molar-refractivity contribution >= 4 is 15.7 Å². The molecule has 0 aliphatic carbocycles. The van der Waals surface area contributed by atoms with Crippen LogP contribution in [0.25, 0.3) is 0 Å². The molecule has 0 aromatic heterocycles. The van der Waals surface area contributed by atoms with E-state index in [1.807, 2.05) is 19.1 Å². The van der Waals surface area contributed by atoms with Crippen LogP contribution in [0.15, 0.2) is 59.5 Å². The average Bonchev–Trinajstić information content (AvgIpc) is 2.46. The van der Waals surface area contributed by atoms with Crippen molar-refractivity contribution in [1.29, 1.82) is 0 Å². The second kappa shape index (κ2) is 5.64. The van der Waals surface area contributed by atoms with Crippen molar-refractivity contribution in [3.05, 3.63) is 60.2 Å². The van der Waals surface area contributed by atoms with Crippen molar-refractivity contribution in [1.82, 2.24) is 4.31 Å². The van der Waals surface area contributed by atoms with E-state index in [4.69, 9.17) is 5.73 Å². The summed E-state index contributed by atoms with van der Waals surface area (Å²) in [6, 6.07) is 15.4. The summed E-state index contributed by atoms with van der Waals surface area (Å²) in [5.41, 5.74) is 7.24. The molecule has 1 unspecified atom stereocenters. The zero-order chi connectivity index (χ0) is 14.8. The molecule has 4 nitrogen and oxygen atoms in total. The molecule has 106 valence electrons. The van der Waals surface area contributed by atoms with Crippen LogP contribution in [0, 0.1) is 0 Å². The number of hydrogen-bond acceptors (Lipinski definition) is 3. The number of sulfonamides is 1. The van der Waals surface area contributed by atoms with Crippen molar-refractivity contribution in [3.8, 4) is 0 Å². The lowest BCUT2D eigenvalue weighted by molar-refractivity contribution is 0.398.